The molecule has 1 heterocycles. The Morgan fingerprint density at radius 1 is 1.35 bits per heavy atom. The average Bonchev–Trinajstić information content (AvgIpc) is 2.44. The Labute approximate surface area is 114 Å². The van der Waals surface area contributed by atoms with E-state index in [-0.39, 0.29) is 24.5 Å². The van der Waals surface area contributed by atoms with Gasteiger partial charge in [0.15, 0.2) is 18.1 Å². The molecule has 0 atom stereocenters. The fourth-order valence-electron chi connectivity index (χ4n) is 1.70. The van der Waals surface area contributed by atoms with Crippen LogP contribution in [0.4, 0.5) is 0 Å². The van der Waals surface area contributed by atoms with Crippen molar-refractivity contribution >= 4 is 16.9 Å². The summed E-state index contributed by atoms with van der Waals surface area (Å²) in [5.41, 5.74) is -0.629. The van der Waals surface area contributed by atoms with E-state index in [0.29, 0.717) is 11.1 Å². The summed E-state index contributed by atoms with van der Waals surface area (Å²) in [4.78, 5) is 23.5. The van der Waals surface area contributed by atoms with E-state index >= 15 is 0 Å². The number of fused-ring (bicyclic) bond motifs is 1. The minimum absolute atomic E-state index is 0.0302. The molecule has 0 saturated heterocycles. The lowest BCUT2D eigenvalue weighted by Crippen LogP contribution is -2.16. The number of carbonyl (C=O) groups is 1. The Morgan fingerprint density at radius 2 is 2.15 bits per heavy atom. The molecule has 20 heavy (non-hydrogen) atoms. The zero-order chi connectivity index (χ0) is 14.5. The van der Waals surface area contributed by atoms with E-state index in [1.807, 2.05) is 0 Å². The van der Waals surface area contributed by atoms with Crippen LogP contribution in [0.25, 0.3) is 11.0 Å². The van der Waals surface area contributed by atoms with Gasteiger partial charge in [-0.1, -0.05) is 12.1 Å². The monoisotopic (exact) mass is 278 g/mol. The first-order valence-corrected chi connectivity index (χ1v) is 6.03. The fourth-order valence-corrected chi connectivity index (χ4v) is 1.70. The van der Waals surface area contributed by atoms with Crippen LogP contribution in [-0.4, -0.2) is 26.5 Å². The van der Waals surface area contributed by atoms with E-state index in [2.05, 4.69) is 0 Å². The van der Waals surface area contributed by atoms with Crippen molar-refractivity contribution in [1.29, 1.82) is 0 Å². The second-order valence-corrected chi connectivity index (χ2v) is 3.89. The van der Waals surface area contributed by atoms with Crippen LogP contribution in [0.3, 0.4) is 0 Å². The predicted octanol–water partition coefficient (Wildman–Crippen LogP) is 1.95. The Kier molecular flexibility index (Phi) is 4.37. The largest absolute Gasteiger partial charge is 0.464 e. The summed E-state index contributed by atoms with van der Waals surface area (Å²) in [7, 11) is 1.49. The molecule has 0 bridgehead atoms. The highest BCUT2D eigenvalue weighted by atomic mass is 16.7. The smallest absolute Gasteiger partial charge is 0.351 e. The summed E-state index contributed by atoms with van der Waals surface area (Å²) in [6.45, 7) is 1.88. The first-order valence-electron chi connectivity index (χ1n) is 6.03. The highest BCUT2D eigenvalue weighted by Crippen LogP contribution is 2.25. The lowest BCUT2D eigenvalue weighted by atomic mass is 10.2. The summed E-state index contributed by atoms with van der Waals surface area (Å²) in [5.74, 6) is -0.330. The molecule has 0 fully saturated rings. The predicted molar refractivity (Wildman–Crippen MR) is 70.9 cm³/mol. The average molecular weight is 278 g/mol. The van der Waals surface area contributed by atoms with Crippen molar-refractivity contribution in [2.45, 2.75) is 6.92 Å². The van der Waals surface area contributed by atoms with Crippen LogP contribution in [0.1, 0.15) is 17.3 Å². The SMILES string of the molecule is CCOC(=O)c1cc2cccc(OCOC)c2oc1=O. The Bertz CT molecular complexity index is 673. The van der Waals surface area contributed by atoms with Crippen LogP contribution in [-0.2, 0) is 9.47 Å². The maximum Gasteiger partial charge on any atom is 0.351 e. The van der Waals surface area contributed by atoms with E-state index in [0.717, 1.165) is 0 Å². The van der Waals surface area contributed by atoms with Crippen molar-refractivity contribution in [1.82, 2.24) is 0 Å². The molecule has 0 amide bonds. The van der Waals surface area contributed by atoms with E-state index in [1.165, 1.54) is 13.2 Å². The van der Waals surface area contributed by atoms with Gasteiger partial charge in [0.1, 0.15) is 5.56 Å². The van der Waals surface area contributed by atoms with Crippen molar-refractivity contribution in [2.24, 2.45) is 0 Å². The fraction of sp³-hybridized carbons (Fsp3) is 0.286. The molecule has 0 aliphatic rings. The maximum absolute atomic E-state index is 11.8. The number of ether oxygens (including phenoxy) is 3. The van der Waals surface area contributed by atoms with E-state index in [9.17, 15) is 9.59 Å². The molecule has 1 aromatic carbocycles. The molecular formula is C14H14O6. The minimum atomic E-state index is -0.760. The summed E-state index contributed by atoms with van der Waals surface area (Å²) in [6.07, 6.45) is 0. The Hall–Kier alpha value is -2.34. The number of para-hydroxylation sites is 1. The van der Waals surface area contributed by atoms with Crippen molar-refractivity contribution in [2.75, 3.05) is 20.5 Å². The van der Waals surface area contributed by atoms with E-state index in [1.54, 1.807) is 25.1 Å². The van der Waals surface area contributed by atoms with Gasteiger partial charge in [-0.05, 0) is 19.1 Å². The van der Waals surface area contributed by atoms with Crippen molar-refractivity contribution in [3.05, 3.63) is 40.2 Å². The van der Waals surface area contributed by atoms with Crippen LogP contribution in [0.2, 0.25) is 0 Å². The molecule has 106 valence electrons. The summed E-state index contributed by atoms with van der Waals surface area (Å²) < 4.78 is 20.1. The van der Waals surface area contributed by atoms with E-state index in [4.69, 9.17) is 18.6 Å². The lowest BCUT2D eigenvalue weighted by molar-refractivity contribution is 0.0506. The summed E-state index contributed by atoms with van der Waals surface area (Å²) in [5, 5.41) is 0.571. The summed E-state index contributed by atoms with van der Waals surface area (Å²) in [6, 6.07) is 6.51. The summed E-state index contributed by atoms with van der Waals surface area (Å²) >= 11 is 0. The molecule has 0 radical (unpaired) electrons. The molecule has 0 aliphatic carbocycles. The molecule has 2 aromatic rings. The van der Waals surface area contributed by atoms with Gasteiger partial charge >= 0.3 is 11.6 Å². The first kappa shape index (κ1) is 14.1. The molecule has 0 saturated carbocycles. The number of hydrogen-bond donors (Lipinski definition) is 0. The number of methoxy groups -OCH3 is 1. The molecule has 0 spiro atoms. The third kappa shape index (κ3) is 2.80. The maximum atomic E-state index is 11.8. The zero-order valence-electron chi connectivity index (χ0n) is 11.2. The van der Waals surface area contributed by atoms with E-state index < -0.39 is 11.6 Å². The number of esters is 1. The molecule has 0 unspecified atom stereocenters. The van der Waals surface area contributed by atoms with Crippen LogP contribution in [0.15, 0.2) is 33.5 Å². The zero-order valence-corrected chi connectivity index (χ0v) is 11.2. The van der Waals surface area contributed by atoms with Crippen LogP contribution in [0.5, 0.6) is 5.75 Å². The van der Waals surface area contributed by atoms with Crippen molar-refractivity contribution < 1.29 is 23.4 Å². The van der Waals surface area contributed by atoms with Gasteiger partial charge in [0.05, 0.1) is 6.61 Å². The standard InChI is InChI=1S/C14H14O6/c1-3-18-13(15)10-7-9-5-4-6-11(19-8-17-2)12(9)20-14(10)16/h4-7H,3,8H2,1-2H3. The van der Waals surface area contributed by atoms with Gasteiger partial charge in [-0.25, -0.2) is 9.59 Å². The normalized spacial score (nSPS) is 10.5. The van der Waals surface area contributed by atoms with Gasteiger partial charge in [0.2, 0.25) is 0 Å². The lowest BCUT2D eigenvalue weighted by Gasteiger charge is -2.07. The van der Waals surface area contributed by atoms with Crippen LogP contribution < -0.4 is 10.4 Å². The Morgan fingerprint density at radius 3 is 2.85 bits per heavy atom. The van der Waals surface area contributed by atoms with Crippen molar-refractivity contribution in [3.63, 3.8) is 0 Å². The molecule has 6 nitrogen and oxygen atoms in total. The van der Waals surface area contributed by atoms with Gasteiger partial charge in [-0.2, -0.15) is 0 Å². The molecule has 0 aliphatic heterocycles. The molecule has 1 aromatic heterocycles. The second-order valence-electron chi connectivity index (χ2n) is 3.89. The number of carbonyl (C=O) groups excluding carboxylic acids is 1. The highest BCUT2D eigenvalue weighted by molar-refractivity contribution is 5.93. The Balaban J connectivity index is 2.50. The van der Waals surface area contributed by atoms with Gasteiger partial charge in [-0.15, -0.1) is 0 Å². The number of benzene rings is 1. The first-order chi connectivity index (χ1) is 9.67. The number of hydrogen-bond acceptors (Lipinski definition) is 6. The molecule has 0 N–H and O–H groups in total. The molecule has 6 heteroatoms. The molecule has 2 rings (SSSR count). The van der Waals surface area contributed by atoms with Gasteiger partial charge in [0.25, 0.3) is 0 Å². The third-order valence-corrected chi connectivity index (χ3v) is 2.55. The minimum Gasteiger partial charge on any atom is -0.464 e. The number of rotatable bonds is 5. The highest BCUT2D eigenvalue weighted by Gasteiger charge is 2.16. The molecular weight excluding hydrogens is 264 g/mol. The second kappa shape index (κ2) is 6.21. The van der Waals surface area contributed by atoms with Gasteiger partial charge in [0, 0.05) is 12.5 Å². The van der Waals surface area contributed by atoms with Crippen LogP contribution in [0, 0.1) is 0 Å². The van der Waals surface area contributed by atoms with Gasteiger partial charge < -0.3 is 18.6 Å². The third-order valence-electron chi connectivity index (χ3n) is 2.55. The van der Waals surface area contributed by atoms with Crippen LogP contribution >= 0.6 is 0 Å². The van der Waals surface area contributed by atoms with Gasteiger partial charge in [-0.3, -0.25) is 0 Å². The van der Waals surface area contributed by atoms with Crippen molar-refractivity contribution in [3.8, 4) is 5.75 Å². The quantitative estimate of drug-likeness (QED) is 0.473. The topological polar surface area (TPSA) is 75.0 Å².